The maximum atomic E-state index is 13.2. The van der Waals surface area contributed by atoms with Gasteiger partial charge in [-0.1, -0.05) is 60.7 Å². The summed E-state index contributed by atoms with van der Waals surface area (Å²) in [6.45, 7) is 2.60. The number of H-pyrrole nitrogens is 2. The molecule has 0 radical (unpaired) electrons. The molecule has 63 heavy (non-hydrogen) atoms. The van der Waals surface area contributed by atoms with Crippen molar-refractivity contribution < 1.29 is 42.4 Å². The van der Waals surface area contributed by atoms with Crippen LogP contribution < -0.4 is 32.0 Å². The van der Waals surface area contributed by atoms with Crippen LogP contribution in [-0.4, -0.2) is 82.7 Å². The summed E-state index contributed by atoms with van der Waals surface area (Å²) < 4.78 is 52.2. The number of benzene rings is 3. The van der Waals surface area contributed by atoms with E-state index in [0.717, 1.165) is 16.7 Å². The van der Waals surface area contributed by atoms with Crippen LogP contribution in [0.4, 0.5) is 0 Å². The maximum Gasteiger partial charge on any atom is 0.330 e. The van der Waals surface area contributed by atoms with Gasteiger partial charge in [0.2, 0.25) is 0 Å². The fourth-order valence-corrected chi connectivity index (χ4v) is 9.69. The molecule has 0 amide bonds. The number of ether oxygens (including phenoxy) is 5. The Kier molecular flexibility index (Phi) is 14.3. The highest BCUT2D eigenvalue weighted by molar-refractivity contribution is 8.07. The van der Waals surface area contributed by atoms with Gasteiger partial charge in [-0.25, -0.2) is 9.59 Å². The third-order valence-electron chi connectivity index (χ3n) is 10.9. The van der Waals surface area contributed by atoms with Crippen LogP contribution in [0.15, 0.2) is 123 Å². The van der Waals surface area contributed by atoms with Gasteiger partial charge in [0.05, 0.1) is 46.2 Å². The smallest absolute Gasteiger partial charge is 0.330 e. The molecule has 2 aromatic heterocycles. The predicted molar refractivity (Wildman–Crippen MR) is 235 cm³/mol. The highest BCUT2D eigenvalue weighted by Gasteiger charge is 2.46. The quantitative estimate of drug-likeness (QED) is 0.0630. The van der Waals surface area contributed by atoms with Gasteiger partial charge in [-0.3, -0.25) is 28.7 Å². The van der Waals surface area contributed by atoms with Crippen LogP contribution in [0.5, 0.6) is 11.5 Å². The second kappa shape index (κ2) is 19.6. The van der Waals surface area contributed by atoms with Gasteiger partial charge in [-0.2, -0.15) is 0 Å². The SMILES string of the molecule is C=CCO[P@](=S)(OC[C@H]1O[C@@H](n2cc(C)c(=O)[nH]c2=O)C[C@@H]1O)O[C@H]1C[C@H](n2cc(C)c(=O)[nH]c2=O)O[C@@H]1COC(c1ccccc1)(c1ccc(OC)cc1)c1ccc(OC)cc1. The van der Waals surface area contributed by atoms with Crippen molar-refractivity contribution in [3.8, 4) is 11.5 Å². The average Bonchev–Trinajstić information content (AvgIpc) is 3.87. The van der Waals surface area contributed by atoms with Crippen molar-refractivity contribution in [3.05, 3.63) is 173 Å². The maximum absolute atomic E-state index is 13.2. The molecule has 19 heteroatoms. The summed E-state index contributed by atoms with van der Waals surface area (Å²) in [7, 11) is 3.18. The summed E-state index contributed by atoms with van der Waals surface area (Å²) >= 11 is 5.99. The molecule has 17 nitrogen and oxygen atoms in total. The molecule has 2 saturated heterocycles. The number of nitrogens with zero attached hydrogens (tertiary/aromatic N) is 2. The second-order valence-corrected chi connectivity index (χ2v) is 18.0. The monoisotopic (exact) mass is 904 g/mol. The lowest BCUT2D eigenvalue weighted by molar-refractivity contribution is -0.0941. The molecule has 4 heterocycles. The summed E-state index contributed by atoms with van der Waals surface area (Å²) in [5.41, 5.74) is -0.820. The van der Waals surface area contributed by atoms with E-state index in [0.29, 0.717) is 11.5 Å². The van der Waals surface area contributed by atoms with Gasteiger partial charge in [0, 0.05) is 36.4 Å². The lowest BCUT2D eigenvalue weighted by atomic mass is 9.80. The summed E-state index contributed by atoms with van der Waals surface area (Å²) in [6, 6.07) is 24.7. The Balaban J connectivity index is 1.23. The Morgan fingerprint density at radius 2 is 1.27 bits per heavy atom. The minimum atomic E-state index is -3.77. The van der Waals surface area contributed by atoms with E-state index in [1.54, 1.807) is 28.1 Å². The van der Waals surface area contributed by atoms with E-state index < -0.39 is 71.7 Å². The van der Waals surface area contributed by atoms with E-state index >= 15 is 0 Å². The van der Waals surface area contributed by atoms with Gasteiger partial charge in [-0.05, 0) is 66.6 Å². The highest BCUT2D eigenvalue weighted by Crippen LogP contribution is 2.54. The molecule has 0 spiro atoms. The second-order valence-electron chi connectivity index (χ2n) is 15.0. The Bertz CT molecular complexity index is 2620. The molecule has 7 atom stereocenters. The van der Waals surface area contributed by atoms with Crippen LogP contribution in [0, 0.1) is 13.8 Å². The minimum Gasteiger partial charge on any atom is -0.497 e. The van der Waals surface area contributed by atoms with Crippen LogP contribution in [-0.2, 0) is 45.2 Å². The number of aromatic amines is 2. The number of hydrogen-bond acceptors (Lipinski definition) is 14. The number of aliphatic hydroxyl groups excluding tert-OH is 1. The molecule has 0 aliphatic carbocycles. The van der Waals surface area contributed by atoms with Crippen molar-refractivity contribution in [2.24, 2.45) is 0 Å². The van der Waals surface area contributed by atoms with Crippen LogP contribution in [0.25, 0.3) is 0 Å². The fourth-order valence-electron chi connectivity index (χ4n) is 7.62. The number of hydrogen-bond donors (Lipinski definition) is 3. The zero-order chi connectivity index (χ0) is 44.9. The molecular formula is C44H49N4O13PS. The van der Waals surface area contributed by atoms with Gasteiger partial charge in [0.1, 0.15) is 41.8 Å². The van der Waals surface area contributed by atoms with Crippen molar-refractivity contribution in [1.29, 1.82) is 0 Å². The molecule has 0 unspecified atom stereocenters. The molecule has 334 valence electrons. The lowest BCUT2D eigenvalue weighted by Crippen LogP contribution is -2.38. The average molecular weight is 905 g/mol. The fraction of sp³-hybridized carbons (Fsp3) is 0.364. The largest absolute Gasteiger partial charge is 0.497 e. The van der Waals surface area contributed by atoms with Crippen molar-refractivity contribution in [2.45, 2.75) is 69.2 Å². The minimum absolute atomic E-state index is 0.0209. The normalized spacial score (nSPS) is 22.1. The van der Waals surface area contributed by atoms with Crippen molar-refractivity contribution in [3.63, 3.8) is 0 Å². The van der Waals surface area contributed by atoms with E-state index in [-0.39, 0.29) is 43.8 Å². The molecule has 7 rings (SSSR count). The number of aryl methyl sites for hydroxylation is 2. The molecule has 2 fully saturated rings. The molecule has 2 aliphatic heterocycles. The summed E-state index contributed by atoms with van der Waals surface area (Å²) in [5.74, 6) is 1.29. The Morgan fingerprint density at radius 1 is 0.762 bits per heavy atom. The van der Waals surface area contributed by atoms with Gasteiger partial charge in [0.15, 0.2) is 0 Å². The zero-order valence-corrected chi connectivity index (χ0v) is 36.8. The summed E-state index contributed by atoms with van der Waals surface area (Å²) in [4.78, 5) is 54.8. The molecule has 3 N–H and O–H groups in total. The number of methoxy groups -OCH3 is 2. The Hall–Kier alpha value is -5.27. The molecule has 3 aromatic carbocycles. The van der Waals surface area contributed by atoms with Crippen molar-refractivity contribution in [1.82, 2.24) is 19.1 Å². The number of nitrogens with one attached hydrogen (secondary N) is 2. The van der Waals surface area contributed by atoms with E-state index in [4.69, 9.17) is 49.1 Å². The highest BCUT2D eigenvalue weighted by atomic mass is 32.5. The molecule has 0 bridgehead atoms. The zero-order valence-electron chi connectivity index (χ0n) is 35.0. The van der Waals surface area contributed by atoms with Crippen LogP contribution in [0.3, 0.4) is 0 Å². The Labute approximate surface area is 367 Å². The van der Waals surface area contributed by atoms with E-state index in [1.165, 1.54) is 27.6 Å². The van der Waals surface area contributed by atoms with Crippen molar-refractivity contribution >= 4 is 18.5 Å². The molecule has 2 aliphatic rings. The molecule has 0 saturated carbocycles. The molecule has 5 aromatic rings. The van der Waals surface area contributed by atoms with Gasteiger partial charge < -0.3 is 42.4 Å². The topological polar surface area (TPSA) is 204 Å². The summed E-state index contributed by atoms with van der Waals surface area (Å²) in [6.07, 6.45) is -1.46. The summed E-state index contributed by atoms with van der Waals surface area (Å²) in [5, 5.41) is 11.0. The lowest BCUT2D eigenvalue weighted by Gasteiger charge is -2.37. The van der Waals surface area contributed by atoms with E-state index in [2.05, 4.69) is 16.5 Å². The standard InChI is InChI=1S/C44H49N4O13PS/c1-6-20-57-62(63,58-26-36-34(49)21-38(59-36)47-23-27(2)40(50)45-42(47)52)61-35-22-39(48-24-28(3)41(51)46-43(48)53)60-37(35)25-56-44(29-10-8-7-9-11-29,30-12-16-32(54-4)17-13-30)31-14-18-33(55-5)19-15-31/h6-19,23-24,34-39,49H,1,20-22,25-26H2,2-5H3,(H,45,50,52)(H,46,51,53)/t34-,35-,36+,37+,38+,39+,62-/m0/s1. The third kappa shape index (κ3) is 9.94. The van der Waals surface area contributed by atoms with Crippen molar-refractivity contribution in [2.75, 3.05) is 34.0 Å². The third-order valence-corrected chi connectivity index (χ3v) is 13.3. The van der Waals surface area contributed by atoms with Gasteiger partial charge in [0.25, 0.3) is 11.1 Å². The first-order valence-electron chi connectivity index (χ1n) is 20.1. The first-order chi connectivity index (χ1) is 30.3. The van der Waals surface area contributed by atoms with Gasteiger partial charge >= 0.3 is 18.1 Å². The van der Waals surface area contributed by atoms with E-state index in [1.807, 2.05) is 78.9 Å². The van der Waals surface area contributed by atoms with Crippen LogP contribution in [0.1, 0.15) is 53.1 Å². The van der Waals surface area contributed by atoms with E-state index in [9.17, 15) is 24.3 Å². The number of aliphatic hydroxyl groups is 1. The first-order valence-corrected chi connectivity index (χ1v) is 22.6. The predicted octanol–water partition coefficient (Wildman–Crippen LogP) is 4.49. The Morgan fingerprint density at radius 3 is 1.79 bits per heavy atom. The number of rotatable bonds is 18. The van der Waals surface area contributed by atoms with Gasteiger partial charge in [-0.15, -0.1) is 6.58 Å². The first kappa shape index (κ1) is 45.7. The van der Waals surface area contributed by atoms with Crippen LogP contribution >= 0.6 is 6.72 Å². The molecular weight excluding hydrogens is 856 g/mol. The number of aromatic nitrogens is 4. The van der Waals surface area contributed by atoms with Crippen LogP contribution in [0.2, 0.25) is 0 Å².